The van der Waals surface area contributed by atoms with E-state index in [1.54, 1.807) is 11.3 Å². The second-order valence-corrected chi connectivity index (χ2v) is 4.77. The van der Waals surface area contributed by atoms with Crippen molar-refractivity contribution in [2.75, 3.05) is 13.1 Å². The summed E-state index contributed by atoms with van der Waals surface area (Å²) < 4.78 is 0. The van der Waals surface area contributed by atoms with E-state index in [1.807, 2.05) is 6.20 Å². The molecule has 0 bridgehead atoms. The van der Waals surface area contributed by atoms with Gasteiger partial charge in [-0.15, -0.1) is 11.3 Å². The number of carbonyl (C=O) groups is 1. The number of nitrogens with zero attached hydrogens (tertiary/aromatic N) is 2. The zero-order valence-electron chi connectivity index (χ0n) is 8.32. The summed E-state index contributed by atoms with van der Waals surface area (Å²) in [6.45, 7) is 4.49. The predicted molar refractivity (Wildman–Crippen MR) is 56.4 cm³/mol. The molecule has 0 N–H and O–H groups in total. The van der Waals surface area contributed by atoms with Crippen LogP contribution < -0.4 is 0 Å². The maximum absolute atomic E-state index is 11.0. The summed E-state index contributed by atoms with van der Waals surface area (Å²) in [5, 5.41) is 1.14. The standard InChI is InChI=1S/C10H14N2OS/c1-2-9-5-11-10(14-9)7-12-4-3-8(13)6-12/h5H,2-4,6-7H2,1H3. The van der Waals surface area contributed by atoms with Gasteiger partial charge in [0.25, 0.3) is 0 Å². The van der Waals surface area contributed by atoms with E-state index in [0.717, 1.165) is 24.5 Å². The number of hydrogen-bond acceptors (Lipinski definition) is 4. The Kier molecular flexibility index (Phi) is 2.93. The first-order valence-electron chi connectivity index (χ1n) is 4.95. The number of aromatic nitrogens is 1. The highest BCUT2D eigenvalue weighted by Crippen LogP contribution is 2.17. The minimum absolute atomic E-state index is 0.359. The van der Waals surface area contributed by atoms with Crippen molar-refractivity contribution in [2.45, 2.75) is 26.3 Å². The fraction of sp³-hybridized carbons (Fsp3) is 0.600. The monoisotopic (exact) mass is 210 g/mol. The predicted octanol–water partition coefficient (Wildman–Crippen LogP) is 1.48. The van der Waals surface area contributed by atoms with Gasteiger partial charge in [-0.2, -0.15) is 0 Å². The smallest absolute Gasteiger partial charge is 0.148 e. The van der Waals surface area contributed by atoms with Crippen LogP contribution in [0.5, 0.6) is 0 Å². The fourth-order valence-corrected chi connectivity index (χ4v) is 2.51. The summed E-state index contributed by atoms with van der Waals surface area (Å²) in [6.07, 6.45) is 3.71. The molecular formula is C10H14N2OS. The lowest BCUT2D eigenvalue weighted by atomic mass is 10.4. The molecule has 0 aromatic carbocycles. The number of aryl methyl sites for hydroxylation is 1. The first-order valence-corrected chi connectivity index (χ1v) is 5.77. The lowest BCUT2D eigenvalue weighted by Crippen LogP contribution is -2.19. The molecule has 2 heterocycles. The molecule has 3 nitrogen and oxygen atoms in total. The van der Waals surface area contributed by atoms with Gasteiger partial charge in [0.2, 0.25) is 0 Å². The van der Waals surface area contributed by atoms with Crippen molar-refractivity contribution in [3.8, 4) is 0 Å². The van der Waals surface area contributed by atoms with Gasteiger partial charge in [0.15, 0.2) is 0 Å². The largest absolute Gasteiger partial charge is 0.298 e. The van der Waals surface area contributed by atoms with Gasteiger partial charge in [-0.3, -0.25) is 9.69 Å². The molecule has 1 aliphatic heterocycles. The Morgan fingerprint density at radius 1 is 1.64 bits per heavy atom. The highest BCUT2D eigenvalue weighted by Gasteiger charge is 2.19. The first-order chi connectivity index (χ1) is 6.78. The molecule has 1 aliphatic rings. The van der Waals surface area contributed by atoms with E-state index in [1.165, 1.54) is 4.88 Å². The number of rotatable bonds is 3. The fourth-order valence-electron chi connectivity index (χ4n) is 1.60. The zero-order chi connectivity index (χ0) is 9.97. The molecule has 0 atom stereocenters. The van der Waals surface area contributed by atoms with E-state index in [4.69, 9.17) is 0 Å². The Morgan fingerprint density at radius 3 is 3.07 bits per heavy atom. The van der Waals surface area contributed by atoms with Crippen molar-refractivity contribution >= 4 is 17.1 Å². The van der Waals surface area contributed by atoms with Gasteiger partial charge in [-0.1, -0.05) is 6.92 Å². The molecule has 1 aromatic heterocycles. The molecule has 1 saturated heterocycles. The van der Waals surface area contributed by atoms with E-state index in [-0.39, 0.29) is 0 Å². The summed E-state index contributed by atoms with van der Waals surface area (Å²) in [4.78, 5) is 18.9. The molecule has 0 radical (unpaired) electrons. The van der Waals surface area contributed by atoms with E-state index in [9.17, 15) is 4.79 Å². The van der Waals surface area contributed by atoms with Crippen molar-refractivity contribution < 1.29 is 4.79 Å². The average Bonchev–Trinajstić information content (AvgIpc) is 2.76. The Hall–Kier alpha value is -0.740. The molecule has 0 amide bonds. The van der Waals surface area contributed by atoms with Crippen LogP contribution in [0.2, 0.25) is 0 Å². The van der Waals surface area contributed by atoms with Crippen molar-refractivity contribution in [1.82, 2.24) is 9.88 Å². The van der Waals surface area contributed by atoms with Crippen LogP contribution in [0.4, 0.5) is 0 Å². The second kappa shape index (κ2) is 4.19. The third-order valence-corrected chi connectivity index (χ3v) is 3.54. The normalized spacial score (nSPS) is 17.9. The summed E-state index contributed by atoms with van der Waals surface area (Å²) in [5.74, 6) is 0.359. The van der Waals surface area contributed by atoms with Gasteiger partial charge in [0, 0.05) is 24.0 Å². The van der Waals surface area contributed by atoms with Gasteiger partial charge < -0.3 is 0 Å². The Balaban J connectivity index is 1.93. The number of ketones is 1. The van der Waals surface area contributed by atoms with E-state index >= 15 is 0 Å². The Labute approximate surface area is 87.8 Å². The van der Waals surface area contributed by atoms with Crippen LogP contribution in [0.3, 0.4) is 0 Å². The minimum Gasteiger partial charge on any atom is -0.298 e. The van der Waals surface area contributed by atoms with Crippen molar-refractivity contribution in [2.24, 2.45) is 0 Å². The Morgan fingerprint density at radius 2 is 2.50 bits per heavy atom. The molecule has 1 aromatic rings. The van der Waals surface area contributed by atoms with Crippen LogP contribution >= 0.6 is 11.3 Å². The summed E-state index contributed by atoms with van der Waals surface area (Å²) in [7, 11) is 0. The van der Waals surface area contributed by atoms with E-state index in [2.05, 4.69) is 16.8 Å². The summed E-state index contributed by atoms with van der Waals surface area (Å²) in [5.41, 5.74) is 0. The lowest BCUT2D eigenvalue weighted by molar-refractivity contribution is -0.116. The van der Waals surface area contributed by atoms with Crippen LogP contribution in [-0.4, -0.2) is 28.8 Å². The molecule has 14 heavy (non-hydrogen) atoms. The van der Waals surface area contributed by atoms with Gasteiger partial charge in [-0.25, -0.2) is 4.98 Å². The minimum atomic E-state index is 0.359. The molecule has 0 spiro atoms. The van der Waals surface area contributed by atoms with Gasteiger partial charge >= 0.3 is 0 Å². The molecule has 0 aliphatic carbocycles. The third-order valence-electron chi connectivity index (χ3n) is 2.42. The highest BCUT2D eigenvalue weighted by atomic mass is 32.1. The average molecular weight is 210 g/mol. The third kappa shape index (κ3) is 2.19. The summed E-state index contributed by atoms with van der Waals surface area (Å²) >= 11 is 1.76. The van der Waals surface area contributed by atoms with Crippen LogP contribution in [-0.2, 0) is 17.8 Å². The number of thiazole rings is 1. The molecule has 4 heteroatoms. The highest BCUT2D eigenvalue weighted by molar-refractivity contribution is 7.11. The van der Waals surface area contributed by atoms with Gasteiger partial charge in [0.05, 0.1) is 13.1 Å². The quantitative estimate of drug-likeness (QED) is 0.757. The molecular weight excluding hydrogens is 196 g/mol. The van der Waals surface area contributed by atoms with Crippen LogP contribution in [0.15, 0.2) is 6.20 Å². The number of likely N-dealkylation sites (tertiary alicyclic amines) is 1. The maximum Gasteiger partial charge on any atom is 0.148 e. The number of hydrogen-bond donors (Lipinski definition) is 0. The first kappa shape index (κ1) is 9.80. The molecule has 0 saturated carbocycles. The zero-order valence-corrected chi connectivity index (χ0v) is 9.14. The van der Waals surface area contributed by atoms with Crippen molar-refractivity contribution in [3.63, 3.8) is 0 Å². The van der Waals surface area contributed by atoms with Crippen molar-refractivity contribution in [1.29, 1.82) is 0 Å². The molecule has 1 fully saturated rings. The van der Waals surface area contributed by atoms with Crippen LogP contribution in [0.1, 0.15) is 23.2 Å². The second-order valence-electron chi connectivity index (χ2n) is 3.57. The van der Waals surface area contributed by atoms with Crippen molar-refractivity contribution in [3.05, 3.63) is 16.1 Å². The SMILES string of the molecule is CCc1cnc(CN2CCC(=O)C2)s1. The molecule has 2 rings (SSSR count). The number of carbonyl (C=O) groups excluding carboxylic acids is 1. The molecule has 0 unspecified atom stereocenters. The molecule has 76 valence electrons. The van der Waals surface area contributed by atoms with Crippen LogP contribution in [0.25, 0.3) is 0 Å². The van der Waals surface area contributed by atoms with Gasteiger partial charge in [-0.05, 0) is 6.42 Å². The van der Waals surface area contributed by atoms with Gasteiger partial charge in [0.1, 0.15) is 10.8 Å². The number of Topliss-reactive ketones (excluding diaryl/α,β-unsaturated/α-hetero) is 1. The summed E-state index contributed by atoms with van der Waals surface area (Å²) in [6, 6.07) is 0. The topological polar surface area (TPSA) is 33.2 Å². The Bertz CT molecular complexity index is 335. The lowest BCUT2D eigenvalue weighted by Gasteiger charge is -2.10. The maximum atomic E-state index is 11.0. The van der Waals surface area contributed by atoms with E-state index < -0.39 is 0 Å². The van der Waals surface area contributed by atoms with E-state index in [0.29, 0.717) is 18.7 Å². The van der Waals surface area contributed by atoms with Crippen LogP contribution in [0, 0.1) is 0 Å².